The van der Waals surface area contributed by atoms with Crippen LogP contribution in [0.1, 0.15) is 43.2 Å². The van der Waals surface area contributed by atoms with Crippen LogP contribution in [0.4, 0.5) is 11.4 Å². The molecule has 7 nitrogen and oxygen atoms in total. The minimum atomic E-state index is -0.177. The number of aromatic nitrogens is 2. The van der Waals surface area contributed by atoms with E-state index < -0.39 is 0 Å². The summed E-state index contributed by atoms with van der Waals surface area (Å²) in [4.78, 5) is 24.5. The summed E-state index contributed by atoms with van der Waals surface area (Å²) in [5.41, 5.74) is 4.80. The van der Waals surface area contributed by atoms with Gasteiger partial charge in [0.2, 0.25) is 11.8 Å². The van der Waals surface area contributed by atoms with Gasteiger partial charge in [-0.2, -0.15) is 8.75 Å². The third kappa shape index (κ3) is 3.31. The molecule has 1 aliphatic heterocycles. The number of ether oxygens (including phenoxy) is 1. The Morgan fingerprint density at radius 2 is 2.18 bits per heavy atom. The monoisotopic (exact) mass is 396 g/mol. The van der Waals surface area contributed by atoms with E-state index in [-0.39, 0.29) is 17.7 Å². The summed E-state index contributed by atoms with van der Waals surface area (Å²) in [5, 5.41) is 5.84. The number of rotatable bonds is 5. The molecular formula is C20H20N4O3S. The number of hydrogen-bond donors (Lipinski definition) is 2. The SMILES string of the molecule is CCCC(=O)Nc1cc2c(cc1OC)NC(=O)C[C@H]2c1cccc2nsnc12. The predicted molar refractivity (Wildman–Crippen MR) is 109 cm³/mol. The van der Waals surface area contributed by atoms with Gasteiger partial charge in [0.15, 0.2) is 0 Å². The number of nitrogens with zero attached hydrogens (tertiary/aromatic N) is 2. The van der Waals surface area contributed by atoms with Crippen LogP contribution in [0.5, 0.6) is 5.75 Å². The number of benzene rings is 2. The lowest BCUT2D eigenvalue weighted by Crippen LogP contribution is -2.24. The summed E-state index contributed by atoms with van der Waals surface area (Å²) in [6.45, 7) is 1.96. The van der Waals surface area contributed by atoms with Crippen LogP contribution in [-0.2, 0) is 9.59 Å². The van der Waals surface area contributed by atoms with Gasteiger partial charge >= 0.3 is 0 Å². The maximum Gasteiger partial charge on any atom is 0.225 e. The molecule has 3 aromatic rings. The molecule has 144 valence electrons. The fourth-order valence-electron chi connectivity index (χ4n) is 3.58. The molecule has 0 radical (unpaired) electrons. The standard InChI is InChI=1S/C20H20N4O3S/c1-3-5-18(25)22-16-8-13-12(9-19(26)21-15(13)10-17(16)27-2)11-6-4-7-14-20(11)24-28-23-14/h4,6-8,10,12H,3,5,9H2,1-2H3,(H,21,26)(H,22,25)/t12-/m0/s1. The van der Waals surface area contributed by atoms with Gasteiger partial charge in [-0.1, -0.05) is 19.1 Å². The molecule has 0 saturated carbocycles. The first kappa shape index (κ1) is 18.4. The molecular weight excluding hydrogens is 376 g/mol. The Morgan fingerprint density at radius 3 is 2.96 bits per heavy atom. The maximum absolute atomic E-state index is 12.4. The second-order valence-corrected chi connectivity index (χ2v) is 7.25. The third-order valence-electron chi connectivity index (χ3n) is 4.85. The highest BCUT2D eigenvalue weighted by Crippen LogP contribution is 2.43. The maximum atomic E-state index is 12.4. The Morgan fingerprint density at radius 1 is 1.32 bits per heavy atom. The molecule has 1 aromatic heterocycles. The van der Waals surface area contributed by atoms with E-state index in [1.54, 1.807) is 13.2 Å². The zero-order valence-corrected chi connectivity index (χ0v) is 16.4. The van der Waals surface area contributed by atoms with Crippen molar-refractivity contribution in [2.75, 3.05) is 17.7 Å². The van der Waals surface area contributed by atoms with Crippen LogP contribution in [0.3, 0.4) is 0 Å². The van der Waals surface area contributed by atoms with Crippen molar-refractivity contribution in [1.82, 2.24) is 8.75 Å². The van der Waals surface area contributed by atoms with Gasteiger partial charge in [-0.25, -0.2) is 0 Å². The van der Waals surface area contributed by atoms with Crippen molar-refractivity contribution in [3.05, 3.63) is 41.5 Å². The second kappa shape index (κ2) is 7.55. The fourth-order valence-corrected chi connectivity index (χ4v) is 4.14. The quantitative estimate of drug-likeness (QED) is 0.682. The highest BCUT2D eigenvalue weighted by Gasteiger charge is 2.30. The normalized spacial score (nSPS) is 15.8. The number of carbonyl (C=O) groups is 2. The van der Waals surface area contributed by atoms with Crippen LogP contribution in [-0.4, -0.2) is 27.7 Å². The summed E-state index contributed by atoms with van der Waals surface area (Å²) in [7, 11) is 1.54. The topological polar surface area (TPSA) is 93.2 Å². The molecule has 0 saturated heterocycles. The van der Waals surface area contributed by atoms with Gasteiger partial charge in [0.1, 0.15) is 16.8 Å². The summed E-state index contributed by atoms with van der Waals surface area (Å²) < 4.78 is 14.2. The van der Waals surface area contributed by atoms with Gasteiger partial charge in [0.25, 0.3) is 0 Å². The first-order valence-corrected chi connectivity index (χ1v) is 9.86. The second-order valence-electron chi connectivity index (χ2n) is 6.72. The zero-order valence-electron chi connectivity index (χ0n) is 15.6. The van der Waals surface area contributed by atoms with Gasteiger partial charge in [-0.3, -0.25) is 9.59 Å². The molecule has 0 bridgehead atoms. The van der Waals surface area contributed by atoms with E-state index in [2.05, 4.69) is 19.4 Å². The minimum absolute atomic E-state index is 0.0667. The molecule has 4 rings (SSSR count). The molecule has 0 fully saturated rings. The fraction of sp³-hybridized carbons (Fsp3) is 0.300. The number of methoxy groups -OCH3 is 1. The summed E-state index contributed by atoms with van der Waals surface area (Å²) in [6, 6.07) is 9.48. The third-order valence-corrected chi connectivity index (χ3v) is 5.40. The van der Waals surface area contributed by atoms with Crippen LogP contribution in [0.2, 0.25) is 0 Å². The lowest BCUT2D eigenvalue weighted by atomic mass is 9.83. The molecule has 2 aromatic carbocycles. The molecule has 0 unspecified atom stereocenters. The molecule has 8 heteroatoms. The van der Waals surface area contributed by atoms with E-state index in [9.17, 15) is 9.59 Å². The molecule has 1 atom stereocenters. The number of hydrogen-bond acceptors (Lipinski definition) is 6. The van der Waals surface area contributed by atoms with E-state index >= 15 is 0 Å². The molecule has 2 N–H and O–H groups in total. The van der Waals surface area contributed by atoms with E-state index in [0.717, 1.165) is 40.3 Å². The van der Waals surface area contributed by atoms with Gasteiger partial charge < -0.3 is 15.4 Å². The van der Waals surface area contributed by atoms with Crippen molar-refractivity contribution in [2.45, 2.75) is 32.1 Å². The first-order valence-electron chi connectivity index (χ1n) is 9.13. The van der Waals surface area contributed by atoms with Crippen LogP contribution in [0, 0.1) is 0 Å². The van der Waals surface area contributed by atoms with Crippen molar-refractivity contribution in [3.8, 4) is 5.75 Å². The zero-order chi connectivity index (χ0) is 19.7. The van der Waals surface area contributed by atoms with E-state index in [4.69, 9.17) is 4.74 Å². The number of fused-ring (bicyclic) bond motifs is 2. The molecule has 28 heavy (non-hydrogen) atoms. The average Bonchev–Trinajstić information content (AvgIpc) is 3.16. The molecule has 2 amide bonds. The summed E-state index contributed by atoms with van der Waals surface area (Å²) >= 11 is 1.16. The number of anilines is 2. The molecule has 2 heterocycles. The minimum Gasteiger partial charge on any atom is -0.494 e. The number of carbonyl (C=O) groups excluding carboxylic acids is 2. The Bertz CT molecular complexity index is 1060. The van der Waals surface area contributed by atoms with Gasteiger partial charge in [0, 0.05) is 30.5 Å². The smallest absolute Gasteiger partial charge is 0.225 e. The van der Waals surface area contributed by atoms with Gasteiger partial charge in [-0.05, 0) is 29.7 Å². The molecule has 0 spiro atoms. The Hall–Kier alpha value is -3.00. The highest BCUT2D eigenvalue weighted by molar-refractivity contribution is 7.00. The Labute approximate surface area is 166 Å². The van der Waals surface area contributed by atoms with Crippen molar-refractivity contribution in [1.29, 1.82) is 0 Å². The van der Waals surface area contributed by atoms with Crippen molar-refractivity contribution in [2.24, 2.45) is 0 Å². The van der Waals surface area contributed by atoms with Crippen LogP contribution >= 0.6 is 11.7 Å². The number of nitrogens with one attached hydrogen (secondary N) is 2. The van der Waals surface area contributed by atoms with Gasteiger partial charge in [0.05, 0.1) is 24.5 Å². The molecule has 1 aliphatic rings. The van der Waals surface area contributed by atoms with Crippen molar-refractivity contribution >= 4 is 46.0 Å². The van der Waals surface area contributed by atoms with E-state index in [1.807, 2.05) is 31.2 Å². The summed E-state index contributed by atoms with van der Waals surface area (Å²) in [5.74, 6) is 0.201. The largest absolute Gasteiger partial charge is 0.494 e. The van der Waals surface area contributed by atoms with Crippen LogP contribution < -0.4 is 15.4 Å². The van der Waals surface area contributed by atoms with Gasteiger partial charge in [-0.15, -0.1) is 0 Å². The molecule has 0 aliphatic carbocycles. The lowest BCUT2D eigenvalue weighted by Gasteiger charge is -2.27. The van der Waals surface area contributed by atoms with Crippen LogP contribution in [0.25, 0.3) is 11.0 Å². The van der Waals surface area contributed by atoms with E-state index in [0.29, 0.717) is 30.0 Å². The van der Waals surface area contributed by atoms with Crippen molar-refractivity contribution in [3.63, 3.8) is 0 Å². The highest BCUT2D eigenvalue weighted by atomic mass is 32.1. The Balaban J connectivity index is 1.83. The first-order chi connectivity index (χ1) is 13.6. The summed E-state index contributed by atoms with van der Waals surface area (Å²) in [6.07, 6.45) is 1.50. The predicted octanol–water partition coefficient (Wildman–Crippen LogP) is 3.91. The van der Waals surface area contributed by atoms with E-state index in [1.165, 1.54) is 0 Å². The van der Waals surface area contributed by atoms with Crippen LogP contribution in [0.15, 0.2) is 30.3 Å². The lowest BCUT2D eigenvalue weighted by molar-refractivity contribution is -0.117. The van der Waals surface area contributed by atoms with Crippen molar-refractivity contribution < 1.29 is 14.3 Å². The average molecular weight is 396 g/mol. The number of amides is 2. The Kier molecular flexibility index (Phi) is 4.95.